The molecule has 17 heavy (non-hydrogen) atoms. The molecule has 4 heteroatoms. The molecule has 1 N–H and O–H groups in total. The van der Waals surface area contributed by atoms with Crippen molar-refractivity contribution in [3.8, 4) is 0 Å². The van der Waals surface area contributed by atoms with Crippen LogP contribution in [0.4, 0.5) is 0 Å². The van der Waals surface area contributed by atoms with Crippen LogP contribution in [0.5, 0.6) is 0 Å². The molecule has 0 bridgehead atoms. The van der Waals surface area contributed by atoms with E-state index in [1.165, 1.54) is 0 Å². The Morgan fingerprint density at radius 3 is 2.71 bits per heavy atom. The summed E-state index contributed by atoms with van der Waals surface area (Å²) in [5, 5.41) is 14.6. The molecule has 1 aromatic heterocycles. The van der Waals surface area contributed by atoms with E-state index in [1.807, 2.05) is 10.9 Å². The highest BCUT2D eigenvalue weighted by molar-refractivity contribution is 5.03. The second-order valence-electron chi connectivity index (χ2n) is 5.50. The van der Waals surface area contributed by atoms with E-state index in [9.17, 15) is 5.11 Å². The van der Waals surface area contributed by atoms with Crippen LogP contribution in [-0.2, 0) is 6.54 Å². The lowest BCUT2D eigenvalue weighted by atomic mass is 9.89. The molecule has 0 aromatic carbocycles. The van der Waals surface area contributed by atoms with E-state index in [0.29, 0.717) is 6.04 Å². The molecule has 1 saturated heterocycles. The Balaban J connectivity index is 1.83. The summed E-state index contributed by atoms with van der Waals surface area (Å²) < 4.78 is 1.98. The molecule has 0 spiro atoms. The highest BCUT2D eigenvalue weighted by Crippen LogP contribution is 2.26. The van der Waals surface area contributed by atoms with Crippen LogP contribution in [0.25, 0.3) is 0 Å². The van der Waals surface area contributed by atoms with Gasteiger partial charge in [0.05, 0.1) is 11.3 Å². The Bertz CT molecular complexity index is 366. The van der Waals surface area contributed by atoms with Gasteiger partial charge in [-0.3, -0.25) is 9.58 Å². The van der Waals surface area contributed by atoms with Crippen LogP contribution in [0.3, 0.4) is 0 Å². The largest absolute Gasteiger partial charge is 0.387 e. The lowest BCUT2D eigenvalue weighted by Gasteiger charge is -2.46. The number of β-amino-alcohol motifs (C(OH)–C–C–N with tert-alkyl or cyclic N) is 1. The predicted molar refractivity (Wildman–Crippen MR) is 67.7 cm³/mol. The quantitative estimate of drug-likeness (QED) is 0.849. The van der Waals surface area contributed by atoms with Crippen LogP contribution in [0.2, 0.25) is 0 Å². The molecule has 0 unspecified atom stereocenters. The van der Waals surface area contributed by atoms with Crippen molar-refractivity contribution in [2.75, 3.05) is 13.1 Å². The van der Waals surface area contributed by atoms with Gasteiger partial charge >= 0.3 is 0 Å². The van der Waals surface area contributed by atoms with E-state index in [2.05, 4.69) is 36.8 Å². The van der Waals surface area contributed by atoms with Crippen LogP contribution in [0.1, 0.15) is 45.3 Å². The molecule has 0 atom stereocenters. The maximum atomic E-state index is 10.1. The van der Waals surface area contributed by atoms with Crippen molar-refractivity contribution in [1.29, 1.82) is 0 Å². The molecule has 2 rings (SSSR count). The van der Waals surface area contributed by atoms with Gasteiger partial charge in [0.15, 0.2) is 0 Å². The predicted octanol–water partition coefficient (Wildman–Crippen LogP) is 1.81. The summed E-state index contributed by atoms with van der Waals surface area (Å²) >= 11 is 0. The van der Waals surface area contributed by atoms with Crippen LogP contribution in [-0.4, -0.2) is 38.5 Å². The van der Waals surface area contributed by atoms with Gasteiger partial charge in [0.1, 0.15) is 0 Å². The third-order valence-corrected chi connectivity index (χ3v) is 3.33. The fraction of sp³-hybridized carbons (Fsp3) is 0.769. The number of likely N-dealkylation sites (tertiary alicyclic amines) is 1. The van der Waals surface area contributed by atoms with Crippen molar-refractivity contribution >= 4 is 0 Å². The third-order valence-electron chi connectivity index (χ3n) is 3.33. The van der Waals surface area contributed by atoms with Crippen molar-refractivity contribution in [3.63, 3.8) is 0 Å². The van der Waals surface area contributed by atoms with E-state index in [1.54, 1.807) is 0 Å². The first kappa shape index (κ1) is 12.6. The van der Waals surface area contributed by atoms with Gasteiger partial charge in [-0.25, -0.2) is 0 Å². The number of hydrogen-bond acceptors (Lipinski definition) is 3. The Labute approximate surface area is 103 Å². The van der Waals surface area contributed by atoms with E-state index in [4.69, 9.17) is 0 Å². The lowest BCUT2D eigenvalue weighted by molar-refractivity contribution is -0.107. The van der Waals surface area contributed by atoms with E-state index < -0.39 is 5.60 Å². The van der Waals surface area contributed by atoms with Crippen LogP contribution < -0.4 is 0 Å². The van der Waals surface area contributed by atoms with Crippen molar-refractivity contribution < 1.29 is 5.11 Å². The topological polar surface area (TPSA) is 41.3 Å². The molecule has 0 amide bonds. The fourth-order valence-electron chi connectivity index (χ4n) is 2.50. The molecular weight excluding hydrogens is 214 g/mol. The van der Waals surface area contributed by atoms with Crippen molar-refractivity contribution in [1.82, 2.24) is 14.7 Å². The van der Waals surface area contributed by atoms with Crippen molar-refractivity contribution in [2.24, 2.45) is 0 Å². The Kier molecular flexibility index (Phi) is 3.54. The normalized spacial score (nSPS) is 19.6. The summed E-state index contributed by atoms with van der Waals surface area (Å²) in [4.78, 5) is 2.25. The smallest absolute Gasteiger partial charge is 0.0900 e. The summed E-state index contributed by atoms with van der Waals surface area (Å²) in [5.74, 6) is 0. The molecule has 0 radical (unpaired) electrons. The third kappa shape index (κ3) is 2.87. The summed E-state index contributed by atoms with van der Waals surface area (Å²) in [6.45, 7) is 8.79. The highest BCUT2D eigenvalue weighted by Gasteiger charge is 2.39. The minimum absolute atomic E-state index is 0.414. The lowest BCUT2D eigenvalue weighted by Crippen LogP contribution is -2.61. The second-order valence-corrected chi connectivity index (χ2v) is 5.50. The molecule has 0 aliphatic carbocycles. The molecule has 1 aliphatic heterocycles. The molecule has 1 aliphatic rings. The molecule has 1 fully saturated rings. The average molecular weight is 237 g/mol. The highest BCUT2D eigenvalue weighted by atomic mass is 16.3. The number of aliphatic hydroxyl groups is 1. The van der Waals surface area contributed by atoms with Gasteiger partial charge < -0.3 is 5.11 Å². The minimum atomic E-state index is -0.435. The maximum Gasteiger partial charge on any atom is 0.0900 e. The van der Waals surface area contributed by atoms with Crippen molar-refractivity contribution in [3.05, 3.63) is 18.0 Å². The summed E-state index contributed by atoms with van der Waals surface area (Å²) in [6, 6.07) is 2.48. The van der Waals surface area contributed by atoms with Crippen LogP contribution in [0.15, 0.2) is 12.3 Å². The first-order chi connectivity index (χ1) is 8.02. The molecule has 2 heterocycles. The molecular formula is C13H23N3O. The SMILES string of the molecule is CCCC1(O)CN(Cc2ccn(C(C)C)n2)C1. The first-order valence-corrected chi connectivity index (χ1v) is 6.51. The standard InChI is InChI=1S/C13H23N3O/c1-4-6-13(17)9-15(10-13)8-12-5-7-16(14-12)11(2)3/h5,7,11,17H,4,6,8-10H2,1-3H3. The van der Waals surface area contributed by atoms with Crippen molar-refractivity contribution in [2.45, 2.75) is 51.8 Å². The van der Waals surface area contributed by atoms with Gasteiger partial charge in [0, 0.05) is 31.9 Å². The van der Waals surface area contributed by atoms with Gasteiger partial charge in [-0.05, 0) is 26.3 Å². The van der Waals surface area contributed by atoms with E-state index >= 15 is 0 Å². The first-order valence-electron chi connectivity index (χ1n) is 6.51. The van der Waals surface area contributed by atoms with Gasteiger partial charge in [-0.15, -0.1) is 0 Å². The minimum Gasteiger partial charge on any atom is -0.387 e. The summed E-state index contributed by atoms with van der Waals surface area (Å²) in [7, 11) is 0. The molecule has 96 valence electrons. The zero-order chi connectivity index (χ0) is 12.5. The molecule has 4 nitrogen and oxygen atoms in total. The van der Waals surface area contributed by atoms with Crippen LogP contribution >= 0.6 is 0 Å². The molecule has 0 saturated carbocycles. The molecule has 1 aromatic rings. The Morgan fingerprint density at radius 2 is 2.18 bits per heavy atom. The summed E-state index contributed by atoms with van der Waals surface area (Å²) in [5.41, 5.74) is 0.660. The maximum absolute atomic E-state index is 10.1. The van der Waals surface area contributed by atoms with Gasteiger partial charge in [-0.1, -0.05) is 13.3 Å². The van der Waals surface area contributed by atoms with Gasteiger partial charge in [0.2, 0.25) is 0 Å². The zero-order valence-electron chi connectivity index (χ0n) is 11.1. The number of rotatable bonds is 5. The van der Waals surface area contributed by atoms with Gasteiger partial charge in [-0.2, -0.15) is 5.10 Å². The zero-order valence-corrected chi connectivity index (χ0v) is 11.1. The fourth-order valence-corrected chi connectivity index (χ4v) is 2.50. The second kappa shape index (κ2) is 4.78. The summed E-state index contributed by atoms with van der Waals surface area (Å²) in [6.07, 6.45) is 3.98. The van der Waals surface area contributed by atoms with E-state index in [0.717, 1.165) is 38.2 Å². The number of hydrogen-bond donors (Lipinski definition) is 1. The average Bonchev–Trinajstić information content (AvgIpc) is 2.64. The van der Waals surface area contributed by atoms with Gasteiger partial charge in [0.25, 0.3) is 0 Å². The van der Waals surface area contributed by atoms with Crippen LogP contribution in [0, 0.1) is 0 Å². The number of nitrogens with zero attached hydrogens (tertiary/aromatic N) is 3. The Hall–Kier alpha value is -0.870. The monoisotopic (exact) mass is 237 g/mol. The Morgan fingerprint density at radius 1 is 1.47 bits per heavy atom. The number of aromatic nitrogens is 2. The van der Waals surface area contributed by atoms with E-state index in [-0.39, 0.29) is 0 Å².